The molecular formula is C27H27N5O4. The largest absolute Gasteiger partial charge is 0.310 e. The van der Waals surface area contributed by atoms with Gasteiger partial charge in [-0.15, -0.1) is 0 Å². The lowest BCUT2D eigenvalue weighted by molar-refractivity contribution is -0.123. The average molecular weight is 486 g/mol. The van der Waals surface area contributed by atoms with Gasteiger partial charge in [-0.25, -0.2) is 15.4 Å². The van der Waals surface area contributed by atoms with Crippen molar-refractivity contribution in [3.63, 3.8) is 0 Å². The molecule has 36 heavy (non-hydrogen) atoms. The van der Waals surface area contributed by atoms with Gasteiger partial charge < -0.3 is 5.32 Å². The lowest BCUT2D eigenvalue weighted by atomic mass is 9.95. The van der Waals surface area contributed by atoms with Crippen molar-refractivity contribution in [3.8, 4) is 11.1 Å². The summed E-state index contributed by atoms with van der Waals surface area (Å²) < 4.78 is 1.49. The average Bonchev–Trinajstić information content (AvgIpc) is 2.87. The third-order valence-corrected chi connectivity index (χ3v) is 5.79. The van der Waals surface area contributed by atoms with Crippen LogP contribution in [0, 0.1) is 5.41 Å². The number of amides is 2. The second-order valence-electron chi connectivity index (χ2n) is 9.47. The Labute approximate surface area is 207 Å². The summed E-state index contributed by atoms with van der Waals surface area (Å²) in [4.78, 5) is 46.0. The van der Waals surface area contributed by atoms with E-state index in [1.165, 1.54) is 23.0 Å². The molecule has 0 unspecified atom stereocenters. The van der Waals surface area contributed by atoms with Gasteiger partial charge in [0.25, 0.3) is 11.5 Å². The van der Waals surface area contributed by atoms with Crippen molar-refractivity contribution in [3.05, 3.63) is 88.6 Å². The quantitative estimate of drug-likeness (QED) is 0.282. The molecule has 0 aliphatic rings. The molecule has 0 fully saturated rings. The summed E-state index contributed by atoms with van der Waals surface area (Å²) in [6.07, 6.45) is 3.68. The molecule has 9 heteroatoms. The minimum absolute atomic E-state index is 0.124. The van der Waals surface area contributed by atoms with Crippen LogP contribution in [0.2, 0.25) is 0 Å². The Balaban J connectivity index is 1.58. The van der Waals surface area contributed by atoms with E-state index in [0.29, 0.717) is 29.7 Å². The van der Waals surface area contributed by atoms with Gasteiger partial charge in [0.2, 0.25) is 5.91 Å². The highest BCUT2D eigenvalue weighted by Gasteiger charge is 2.22. The molecule has 0 saturated heterocycles. The number of nitrogens with one attached hydrogen (secondary N) is 2. The lowest BCUT2D eigenvalue weighted by Gasteiger charge is -2.19. The number of hydrogen-bond donors (Lipinski definition) is 3. The van der Waals surface area contributed by atoms with Gasteiger partial charge in [-0.1, -0.05) is 45.0 Å². The van der Waals surface area contributed by atoms with Gasteiger partial charge in [0.1, 0.15) is 5.82 Å². The van der Waals surface area contributed by atoms with E-state index in [1.807, 2.05) is 57.2 Å². The van der Waals surface area contributed by atoms with Gasteiger partial charge in [0.15, 0.2) is 0 Å². The van der Waals surface area contributed by atoms with Crippen LogP contribution in [0.1, 0.15) is 36.7 Å². The van der Waals surface area contributed by atoms with E-state index >= 15 is 0 Å². The fourth-order valence-electron chi connectivity index (χ4n) is 3.70. The van der Waals surface area contributed by atoms with Gasteiger partial charge >= 0.3 is 0 Å². The molecule has 0 atom stereocenters. The van der Waals surface area contributed by atoms with Crippen molar-refractivity contribution >= 4 is 28.5 Å². The van der Waals surface area contributed by atoms with Crippen LogP contribution in [0.25, 0.3) is 22.0 Å². The van der Waals surface area contributed by atoms with E-state index in [1.54, 1.807) is 17.7 Å². The van der Waals surface area contributed by atoms with Gasteiger partial charge in [0.05, 0.1) is 17.2 Å². The summed E-state index contributed by atoms with van der Waals surface area (Å²) in [6.45, 7) is 5.91. The first-order valence-electron chi connectivity index (χ1n) is 11.5. The zero-order valence-electron chi connectivity index (χ0n) is 20.3. The normalized spacial score (nSPS) is 11.3. The van der Waals surface area contributed by atoms with Crippen LogP contribution in [0.3, 0.4) is 0 Å². The third-order valence-electron chi connectivity index (χ3n) is 5.79. The maximum Gasteiger partial charge on any atom is 0.274 e. The van der Waals surface area contributed by atoms with Crippen molar-refractivity contribution in [1.82, 2.24) is 20.0 Å². The van der Waals surface area contributed by atoms with Crippen LogP contribution >= 0.6 is 0 Å². The number of carbonyl (C=O) groups is 2. The number of hydroxylamine groups is 1. The molecule has 0 spiro atoms. The molecule has 4 aromatic rings. The lowest BCUT2D eigenvalue weighted by Crippen LogP contribution is -2.28. The number of anilines is 1. The molecule has 0 bridgehead atoms. The summed E-state index contributed by atoms with van der Waals surface area (Å²) in [5.74, 6) is -0.328. The summed E-state index contributed by atoms with van der Waals surface area (Å²) in [6, 6.07) is 16.1. The molecule has 2 aromatic carbocycles. The Morgan fingerprint density at radius 3 is 2.58 bits per heavy atom. The predicted molar refractivity (Wildman–Crippen MR) is 137 cm³/mol. The smallest absolute Gasteiger partial charge is 0.274 e. The molecule has 0 radical (unpaired) electrons. The highest BCUT2D eigenvalue weighted by atomic mass is 16.5. The molecule has 184 valence electrons. The molecule has 0 aliphatic carbocycles. The van der Waals surface area contributed by atoms with E-state index in [-0.39, 0.29) is 17.0 Å². The van der Waals surface area contributed by atoms with E-state index in [0.717, 1.165) is 16.7 Å². The Kier molecular flexibility index (Phi) is 6.93. The highest BCUT2D eigenvalue weighted by molar-refractivity contribution is 5.97. The number of benzene rings is 2. The number of aromatic nitrogens is 3. The maximum absolute atomic E-state index is 13.0. The molecule has 4 rings (SSSR count). The zero-order valence-corrected chi connectivity index (χ0v) is 20.3. The van der Waals surface area contributed by atoms with Crippen molar-refractivity contribution in [1.29, 1.82) is 0 Å². The highest BCUT2D eigenvalue weighted by Crippen LogP contribution is 2.28. The Morgan fingerprint density at radius 2 is 1.83 bits per heavy atom. The van der Waals surface area contributed by atoms with E-state index < -0.39 is 11.3 Å². The Morgan fingerprint density at radius 1 is 1.03 bits per heavy atom. The Bertz CT molecular complexity index is 1500. The molecule has 2 amide bonds. The van der Waals surface area contributed by atoms with Crippen molar-refractivity contribution in [2.24, 2.45) is 5.41 Å². The van der Waals surface area contributed by atoms with Gasteiger partial charge in [-0.3, -0.25) is 24.2 Å². The van der Waals surface area contributed by atoms with Crippen LogP contribution < -0.4 is 16.4 Å². The molecule has 2 aromatic heterocycles. The molecule has 0 aliphatic heterocycles. The number of pyridine rings is 1. The van der Waals surface area contributed by atoms with Crippen molar-refractivity contribution in [2.45, 2.75) is 33.7 Å². The maximum atomic E-state index is 13.0. The summed E-state index contributed by atoms with van der Waals surface area (Å²) in [5.41, 5.74) is 4.06. The first-order valence-corrected chi connectivity index (χ1v) is 11.5. The van der Waals surface area contributed by atoms with Gasteiger partial charge in [-0.2, -0.15) is 0 Å². The standard InChI is InChI=1S/C27H27N5O4/c1-27(2,3)26(35)30-23-20(8-5-12-28-23)18-7-4-6-17(14-18)11-13-32-16-29-22-10-9-19(24(33)31-36)15-21(22)25(32)34/h4-10,12,14-16,36H,11,13H2,1-3H3,(H,31,33)(H,28,30,35). The Hall–Kier alpha value is -4.37. The number of nitrogens with zero attached hydrogens (tertiary/aromatic N) is 3. The molecule has 0 saturated carbocycles. The van der Waals surface area contributed by atoms with Crippen LogP contribution in [-0.2, 0) is 17.8 Å². The summed E-state index contributed by atoms with van der Waals surface area (Å²) in [7, 11) is 0. The zero-order chi connectivity index (χ0) is 25.9. The summed E-state index contributed by atoms with van der Waals surface area (Å²) in [5, 5.41) is 12.1. The molecule has 9 nitrogen and oxygen atoms in total. The molecule has 2 heterocycles. The number of fused-ring (bicyclic) bond motifs is 1. The van der Waals surface area contributed by atoms with E-state index in [2.05, 4.69) is 15.3 Å². The number of carbonyl (C=O) groups excluding carboxylic acids is 2. The monoisotopic (exact) mass is 485 g/mol. The van der Waals surface area contributed by atoms with Crippen LogP contribution in [0.15, 0.2) is 71.9 Å². The first kappa shape index (κ1) is 24.7. The number of rotatable bonds is 6. The topological polar surface area (TPSA) is 126 Å². The second-order valence-corrected chi connectivity index (χ2v) is 9.47. The predicted octanol–water partition coefficient (Wildman–Crippen LogP) is 3.80. The number of hydrogen-bond acceptors (Lipinski definition) is 6. The fraction of sp³-hybridized carbons (Fsp3) is 0.222. The van der Waals surface area contributed by atoms with Crippen molar-refractivity contribution in [2.75, 3.05) is 5.32 Å². The minimum atomic E-state index is -0.697. The number of aryl methyl sites for hydroxylation is 2. The third kappa shape index (κ3) is 5.31. The fourth-order valence-corrected chi connectivity index (χ4v) is 3.70. The summed E-state index contributed by atoms with van der Waals surface area (Å²) >= 11 is 0. The van der Waals surface area contributed by atoms with E-state index in [9.17, 15) is 14.4 Å². The van der Waals surface area contributed by atoms with Gasteiger partial charge in [-0.05, 0) is 47.9 Å². The van der Waals surface area contributed by atoms with Crippen LogP contribution in [0.5, 0.6) is 0 Å². The van der Waals surface area contributed by atoms with Gasteiger partial charge in [0, 0.05) is 29.3 Å². The van der Waals surface area contributed by atoms with Crippen LogP contribution in [-0.4, -0.2) is 31.6 Å². The van der Waals surface area contributed by atoms with E-state index in [4.69, 9.17) is 5.21 Å². The first-order chi connectivity index (χ1) is 17.2. The molecule has 3 N–H and O–H groups in total. The second kappa shape index (κ2) is 10.1. The molecular weight excluding hydrogens is 458 g/mol. The minimum Gasteiger partial charge on any atom is -0.310 e. The van der Waals surface area contributed by atoms with Crippen molar-refractivity contribution < 1.29 is 14.8 Å². The van der Waals surface area contributed by atoms with Crippen LogP contribution in [0.4, 0.5) is 5.82 Å². The SMILES string of the molecule is CC(C)(C)C(=O)Nc1ncccc1-c1cccc(CCn2cnc3ccc(C(=O)NO)cc3c2=O)c1.